The maximum absolute atomic E-state index is 12.9. The van der Waals surface area contributed by atoms with Crippen molar-refractivity contribution in [2.75, 3.05) is 29.5 Å². The molecule has 28 heavy (non-hydrogen) atoms. The zero-order valence-electron chi connectivity index (χ0n) is 16.2. The van der Waals surface area contributed by atoms with Gasteiger partial charge in [0.05, 0.1) is 0 Å². The molecule has 0 bridgehead atoms. The van der Waals surface area contributed by atoms with E-state index in [2.05, 4.69) is 32.5 Å². The van der Waals surface area contributed by atoms with Gasteiger partial charge in [0.15, 0.2) is 0 Å². The van der Waals surface area contributed by atoms with Gasteiger partial charge in [-0.25, -0.2) is 0 Å². The Balaban J connectivity index is 1.50. The van der Waals surface area contributed by atoms with Gasteiger partial charge in [0.2, 0.25) is 11.8 Å². The number of thioether (sulfide) groups is 1. The molecule has 1 N–H and O–H groups in total. The van der Waals surface area contributed by atoms with Crippen LogP contribution < -0.4 is 10.2 Å². The van der Waals surface area contributed by atoms with Gasteiger partial charge in [-0.05, 0) is 18.4 Å². The van der Waals surface area contributed by atoms with Crippen LogP contribution in [0, 0.1) is 5.92 Å². The number of nitrogens with zero attached hydrogens (tertiary/aromatic N) is 3. The van der Waals surface area contributed by atoms with E-state index < -0.39 is 0 Å². The second-order valence-corrected chi connectivity index (χ2v) is 8.83. The Kier molecular flexibility index (Phi) is 6.52. The number of anilines is 1. The third-order valence-electron chi connectivity index (χ3n) is 5.58. The topological polar surface area (TPSA) is 71.3 Å². The van der Waals surface area contributed by atoms with Gasteiger partial charge in [-0.2, -0.15) is 11.8 Å². The number of rotatable bonds is 6. The lowest BCUT2D eigenvalue weighted by molar-refractivity contribution is -0.126. The molecular formula is C21H28N4O2S. The molecule has 1 aliphatic heterocycles. The van der Waals surface area contributed by atoms with Crippen LogP contribution in [0.15, 0.2) is 34.7 Å². The normalized spacial score (nSPS) is 19.4. The number of aromatic nitrogens is 2. The van der Waals surface area contributed by atoms with E-state index in [1.165, 1.54) is 6.42 Å². The lowest BCUT2D eigenvalue weighted by Crippen LogP contribution is -2.36. The van der Waals surface area contributed by atoms with Crippen LogP contribution in [0.25, 0.3) is 0 Å². The van der Waals surface area contributed by atoms with Crippen LogP contribution in [0.4, 0.5) is 6.01 Å². The largest absolute Gasteiger partial charge is 0.406 e. The predicted molar refractivity (Wildman–Crippen MR) is 111 cm³/mol. The highest BCUT2D eigenvalue weighted by Gasteiger charge is 2.28. The zero-order valence-corrected chi connectivity index (χ0v) is 17.0. The summed E-state index contributed by atoms with van der Waals surface area (Å²) in [5.41, 5.74) is 1.14. The Bertz CT molecular complexity index is 755. The third kappa shape index (κ3) is 4.87. The van der Waals surface area contributed by atoms with Crippen molar-refractivity contribution in [1.82, 2.24) is 15.5 Å². The standard InChI is InChI=1S/C21H28N4O2S/c26-19(17-9-5-2-6-10-17)22-18(15-16-7-3-1-4-8-16)20-23-24-21(27-20)25-11-13-28-14-12-25/h1,3-4,7-8,17-18H,2,5-6,9-15H2,(H,22,26)/t18-/m1/s1. The predicted octanol–water partition coefficient (Wildman–Crippen LogP) is 3.60. The summed E-state index contributed by atoms with van der Waals surface area (Å²) in [7, 11) is 0. The zero-order chi connectivity index (χ0) is 19.2. The molecule has 1 aliphatic carbocycles. The highest BCUT2D eigenvalue weighted by molar-refractivity contribution is 7.99. The maximum atomic E-state index is 12.9. The van der Waals surface area contributed by atoms with E-state index in [0.717, 1.165) is 55.8 Å². The van der Waals surface area contributed by atoms with Crippen molar-refractivity contribution in [3.8, 4) is 0 Å². The van der Waals surface area contributed by atoms with E-state index in [0.29, 0.717) is 18.3 Å². The number of nitrogens with one attached hydrogen (secondary N) is 1. The van der Waals surface area contributed by atoms with Gasteiger partial charge in [-0.1, -0.05) is 54.7 Å². The highest BCUT2D eigenvalue weighted by Crippen LogP contribution is 2.27. The SMILES string of the molecule is O=C(N[C@H](Cc1ccccc1)c1nnc(N2CCSCC2)o1)C1CCCCC1. The summed E-state index contributed by atoms with van der Waals surface area (Å²) in [5.74, 6) is 2.87. The van der Waals surface area contributed by atoms with Gasteiger partial charge in [-0.15, -0.1) is 5.10 Å². The van der Waals surface area contributed by atoms with Crippen molar-refractivity contribution in [2.45, 2.75) is 44.6 Å². The fourth-order valence-electron chi connectivity index (χ4n) is 3.95. The summed E-state index contributed by atoms with van der Waals surface area (Å²) < 4.78 is 6.03. The van der Waals surface area contributed by atoms with Gasteiger partial charge in [-0.3, -0.25) is 4.79 Å². The fraction of sp³-hybridized carbons (Fsp3) is 0.571. The first kappa shape index (κ1) is 19.3. The Labute approximate surface area is 170 Å². The molecule has 2 fully saturated rings. The second kappa shape index (κ2) is 9.45. The summed E-state index contributed by atoms with van der Waals surface area (Å²) in [6.07, 6.45) is 6.11. The molecule has 1 aromatic heterocycles. The van der Waals surface area contributed by atoms with Crippen molar-refractivity contribution in [2.24, 2.45) is 5.92 Å². The highest BCUT2D eigenvalue weighted by atomic mass is 32.2. The molecule has 2 aromatic rings. The van der Waals surface area contributed by atoms with Gasteiger partial charge in [0.25, 0.3) is 0 Å². The summed E-state index contributed by atoms with van der Waals surface area (Å²) >= 11 is 1.94. The summed E-state index contributed by atoms with van der Waals surface area (Å²) in [5, 5.41) is 11.8. The monoisotopic (exact) mass is 400 g/mol. The van der Waals surface area contributed by atoms with Crippen molar-refractivity contribution in [3.05, 3.63) is 41.8 Å². The van der Waals surface area contributed by atoms with Crippen molar-refractivity contribution < 1.29 is 9.21 Å². The Hall–Kier alpha value is -2.02. The Morgan fingerprint density at radius 1 is 1.14 bits per heavy atom. The van der Waals surface area contributed by atoms with Crippen LogP contribution in [0.5, 0.6) is 0 Å². The van der Waals surface area contributed by atoms with E-state index >= 15 is 0 Å². The summed E-state index contributed by atoms with van der Waals surface area (Å²) in [6.45, 7) is 1.84. The van der Waals surface area contributed by atoms with E-state index in [4.69, 9.17) is 4.42 Å². The first-order valence-corrected chi connectivity index (χ1v) is 11.5. The molecule has 1 aromatic carbocycles. The lowest BCUT2D eigenvalue weighted by Gasteiger charge is -2.24. The molecule has 1 saturated carbocycles. The number of hydrogen-bond acceptors (Lipinski definition) is 6. The molecule has 1 amide bonds. The average molecular weight is 401 g/mol. The van der Waals surface area contributed by atoms with Crippen LogP contribution in [0.3, 0.4) is 0 Å². The number of amides is 1. The van der Waals surface area contributed by atoms with Crippen LogP contribution >= 0.6 is 11.8 Å². The van der Waals surface area contributed by atoms with Crippen LogP contribution in [0.2, 0.25) is 0 Å². The molecule has 1 atom stereocenters. The molecule has 2 heterocycles. The van der Waals surface area contributed by atoms with Crippen molar-refractivity contribution in [3.63, 3.8) is 0 Å². The Morgan fingerprint density at radius 3 is 2.64 bits per heavy atom. The van der Waals surface area contributed by atoms with Gasteiger partial charge in [0.1, 0.15) is 6.04 Å². The van der Waals surface area contributed by atoms with Crippen LogP contribution in [-0.4, -0.2) is 40.7 Å². The first-order chi connectivity index (χ1) is 13.8. The van der Waals surface area contributed by atoms with Gasteiger partial charge in [0, 0.05) is 36.9 Å². The minimum Gasteiger partial charge on any atom is -0.406 e. The maximum Gasteiger partial charge on any atom is 0.318 e. The van der Waals surface area contributed by atoms with Gasteiger partial charge >= 0.3 is 6.01 Å². The number of carbonyl (C=O) groups is 1. The van der Waals surface area contributed by atoms with Crippen molar-refractivity contribution in [1.29, 1.82) is 0 Å². The molecule has 6 nitrogen and oxygen atoms in total. The minimum absolute atomic E-state index is 0.105. The van der Waals surface area contributed by atoms with Crippen molar-refractivity contribution >= 4 is 23.7 Å². The molecule has 1 saturated heterocycles. The molecule has 0 unspecified atom stereocenters. The number of benzene rings is 1. The fourth-order valence-corrected chi connectivity index (χ4v) is 4.86. The second-order valence-electron chi connectivity index (χ2n) is 7.61. The first-order valence-electron chi connectivity index (χ1n) is 10.3. The smallest absolute Gasteiger partial charge is 0.318 e. The molecule has 150 valence electrons. The number of carbonyl (C=O) groups excluding carboxylic acids is 1. The summed E-state index contributed by atoms with van der Waals surface area (Å²) in [4.78, 5) is 15.0. The van der Waals surface area contributed by atoms with E-state index in [1.807, 2.05) is 30.0 Å². The van der Waals surface area contributed by atoms with E-state index in [-0.39, 0.29) is 17.9 Å². The molecule has 0 spiro atoms. The molecule has 0 radical (unpaired) electrons. The third-order valence-corrected chi connectivity index (χ3v) is 6.53. The minimum atomic E-state index is -0.294. The summed E-state index contributed by atoms with van der Waals surface area (Å²) in [6, 6.07) is 10.4. The van der Waals surface area contributed by atoms with E-state index in [9.17, 15) is 4.79 Å². The molecule has 2 aliphatic rings. The van der Waals surface area contributed by atoms with E-state index in [1.54, 1.807) is 0 Å². The van der Waals surface area contributed by atoms with Crippen LogP contribution in [-0.2, 0) is 11.2 Å². The Morgan fingerprint density at radius 2 is 1.89 bits per heavy atom. The quantitative estimate of drug-likeness (QED) is 0.799. The molecule has 7 heteroatoms. The molecule has 4 rings (SSSR count). The van der Waals surface area contributed by atoms with Gasteiger partial charge < -0.3 is 14.6 Å². The lowest BCUT2D eigenvalue weighted by atomic mass is 9.88. The number of hydrogen-bond donors (Lipinski definition) is 1. The molecular weight excluding hydrogens is 372 g/mol. The average Bonchev–Trinajstić information content (AvgIpc) is 3.25. The van der Waals surface area contributed by atoms with Crippen LogP contribution in [0.1, 0.15) is 49.6 Å².